The monoisotopic (exact) mass is 423 g/mol. The summed E-state index contributed by atoms with van der Waals surface area (Å²) in [5, 5.41) is 3.28. The fourth-order valence-corrected chi connectivity index (χ4v) is 3.00. The van der Waals surface area contributed by atoms with E-state index in [1.165, 1.54) is 0 Å². The molecule has 0 aromatic heterocycles. The second-order valence-corrected chi connectivity index (χ2v) is 6.98. The summed E-state index contributed by atoms with van der Waals surface area (Å²) in [7, 11) is 0. The molecule has 0 atom stereocenters. The van der Waals surface area contributed by atoms with Gasteiger partial charge in [-0.25, -0.2) is 0 Å². The van der Waals surface area contributed by atoms with Crippen molar-refractivity contribution in [2.24, 2.45) is 0 Å². The summed E-state index contributed by atoms with van der Waals surface area (Å²) < 4.78 is 10.8. The van der Waals surface area contributed by atoms with E-state index in [1.807, 2.05) is 30.3 Å². The summed E-state index contributed by atoms with van der Waals surface area (Å²) in [6, 6.07) is 21.7. The standard InChI is InChI=1S/C24H22ClNO4/c1-2-29-23(27)14-17-8-11-20(12-9-17)26-24(28)21-15-19(25)10-13-22(21)30-16-18-6-4-3-5-7-18/h3-13,15H,2,14,16H2,1H3,(H,26,28). The number of hydrogen-bond donors (Lipinski definition) is 1. The van der Waals surface area contributed by atoms with Gasteiger partial charge in [0.05, 0.1) is 18.6 Å². The molecule has 0 unspecified atom stereocenters. The first-order valence-electron chi connectivity index (χ1n) is 9.57. The van der Waals surface area contributed by atoms with E-state index in [0.717, 1.165) is 11.1 Å². The zero-order chi connectivity index (χ0) is 21.3. The van der Waals surface area contributed by atoms with Crippen LogP contribution in [0.1, 0.15) is 28.4 Å². The number of benzene rings is 3. The van der Waals surface area contributed by atoms with Crippen LogP contribution in [-0.4, -0.2) is 18.5 Å². The molecule has 0 fully saturated rings. The van der Waals surface area contributed by atoms with Crippen LogP contribution >= 0.6 is 11.6 Å². The molecule has 1 amide bonds. The summed E-state index contributed by atoms with van der Waals surface area (Å²) in [5.41, 5.74) is 2.74. The molecular weight excluding hydrogens is 402 g/mol. The molecule has 154 valence electrons. The largest absolute Gasteiger partial charge is 0.488 e. The van der Waals surface area contributed by atoms with Crippen LogP contribution in [-0.2, 0) is 22.6 Å². The van der Waals surface area contributed by atoms with E-state index >= 15 is 0 Å². The van der Waals surface area contributed by atoms with Crippen molar-refractivity contribution in [2.45, 2.75) is 20.0 Å². The molecule has 0 aliphatic heterocycles. The molecule has 3 aromatic carbocycles. The lowest BCUT2D eigenvalue weighted by molar-refractivity contribution is -0.142. The van der Waals surface area contributed by atoms with Crippen molar-refractivity contribution in [1.29, 1.82) is 0 Å². The molecule has 5 nitrogen and oxygen atoms in total. The summed E-state index contributed by atoms with van der Waals surface area (Å²) in [4.78, 5) is 24.4. The van der Waals surface area contributed by atoms with Crippen molar-refractivity contribution in [2.75, 3.05) is 11.9 Å². The minimum atomic E-state index is -0.335. The van der Waals surface area contributed by atoms with E-state index in [9.17, 15) is 9.59 Å². The highest BCUT2D eigenvalue weighted by Gasteiger charge is 2.14. The molecule has 0 radical (unpaired) electrons. The highest BCUT2D eigenvalue weighted by Crippen LogP contribution is 2.25. The minimum Gasteiger partial charge on any atom is -0.488 e. The number of nitrogens with one attached hydrogen (secondary N) is 1. The lowest BCUT2D eigenvalue weighted by Crippen LogP contribution is -2.14. The fraction of sp³-hybridized carbons (Fsp3) is 0.167. The predicted octanol–water partition coefficient (Wildman–Crippen LogP) is 5.28. The van der Waals surface area contributed by atoms with Crippen LogP contribution in [0.5, 0.6) is 5.75 Å². The Bertz CT molecular complexity index is 1000. The second-order valence-electron chi connectivity index (χ2n) is 6.55. The maximum atomic E-state index is 12.8. The molecule has 0 saturated heterocycles. The first kappa shape index (κ1) is 21.4. The van der Waals surface area contributed by atoms with Crippen LogP contribution in [0.15, 0.2) is 72.8 Å². The van der Waals surface area contributed by atoms with Crippen molar-refractivity contribution in [1.82, 2.24) is 0 Å². The number of amides is 1. The van der Waals surface area contributed by atoms with Gasteiger partial charge in [0.15, 0.2) is 0 Å². The maximum absolute atomic E-state index is 12.8. The summed E-state index contributed by atoms with van der Waals surface area (Å²) in [5.74, 6) is -0.174. The summed E-state index contributed by atoms with van der Waals surface area (Å²) >= 11 is 6.10. The molecule has 3 aromatic rings. The molecule has 6 heteroatoms. The SMILES string of the molecule is CCOC(=O)Cc1ccc(NC(=O)c2cc(Cl)ccc2OCc2ccccc2)cc1. The Balaban J connectivity index is 1.68. The van der Waals surface area contributed by atoms with Gasteiger partial charge < -0.3 is 14.8 Å². The normalized spacial score (nSPS) is 10.3. The van der Waals surface area contributed by atoms with E-state index in [1.54, 1.807) is 49.4 Å². The third kappa shape index (κ3) is 6.09. The van der Waals surface area contributed by atoms with Gasteiger partial charge in [0.2, 0.25) is 0 Å². The Morgan fingerprint density at radius 3 is 2.37 bits per heavy atom. The molecule has 0 aliphatic carbocycles. The third-order valence-electron chi connectivity index (χ3n) is 4.29. The van der Waals surface area contributed by atoms with E-state index < -0.39 is 0 Å². The lowest BCUT2D eigenvalue weighted by atomic mass is 10.1. The van der Waals surface area contributed by atoms with Gasteiger partial charge in [-0.15, -0.1) is 0 Å². The molecule has 0 aliphatic rings. The zero-order valence-corrected chi connectivity index (χ0v) is 17.3. The van der Waals surface area contributed by atoms with E-state index in [2.05, 4.69) is 5.32 Å². The van der Waals surface area contributed by atoms with Gasteiger partial charge in [0.25, 0.3) is 5.91 Å². The second kappa shape index (κ2) is 10.5. The zero-order valence-electron chi connectivity index (χ0n) is 16.6. The van der Waals surface area contributed by atoms with Gasteiger partial charge in [-0.3, -0.25) is 9.59 Å². The number of halogens is 1. The van der Waals surface area contributed by atoms with Crippen molar-refractivity contribution in [3.8, 4) is 5.75 Å². The Hall–Kier alpha value is -3.31. The highest BCUT2D eigenvalue weighted by atomic mass is 35.5. The van der Waals surface area contributed by atoms with Crippen LogP contribution in [0.3, 0.4) is 0 Å². The Morgan fingerprint density at radius 1 is 0.933 bits per heavy atom. The van der Waals surface area contributed by atoms with Gasteiger partial charge in [0, 0.05) is 10.7 Å². The van der Waals surface area contributed by atoms with Gasteiger partial charge in [-0.05, 0) is 48.4 Å². The molecule has 0 heterocycles. The lowest BCUT2D eigenvalue weighted by Gasteiger charge is -2.13. The summed E-state index contributed by atoms with van der Waals surface area (Å²) in [6.45, 7) is 2.46. The topological polar surface area (TPSA) is 64.6 Å². The number of carbonyl (C=O) groups is 2. The molecule has 1 N–H and O–H groups in total. The highest BCUT2D eigenvalue weighted by molar-refractivity contribution is 6.31. The average molecular weight is 424 g/mol. The van der Waals surface area contributed by atoms with Crippen LogP contribution in [0.2, 0.25) is 5.02 Å². The number of carbonyl (C=O) groups excluding carboxylic acids is 2. The van der Waals surface area contributed by atoms with Gasteiger partial charge in [-0.1, -0.05) is 54.1 Å². The van der Waals surface area contributed by atoms with Gasteiger partial charge in [0.1, 0.15) is 12.4 Å². The molecule has 0 bridgehead atoms. The number of rotatable bonds is 8. The maximum Gasteiger partial charge on any atom is 0.310 e. The van der Waals surface area contributed by atoms with E-state index in [0.29, 0.717) is 35.2 Å². The van der Waals surface area contributed by atoms with Crippen molar-refractivity contribution in [3.63, 3.8) is 0 Å². The Kier molecular flexibility index (Phi) is 7.46. The number of ether oxygens (including phenoxy) is 2. The molecular formula is C24H22ClNO4. The van der Waals surface area contributed by atoms with Crippen molar-refractivity contribution in [3.05, 3.63) is 94.5 Å². The molecule has 3 rings (SSSR count). The third-order valence-corrected chi connectivity index (χ3v) is 4.52. The molecule has 0 spiro atoms. The predicted molar refractivity (Wildman–Crippen MR) is 117 cm³/mol. The van der Waals surface area contributed by atoms with Crippen LogP contribution in [0.4, 0.5) is 5.69 Å². The van der Waals surface area contributed by atoms with E-state index in [4.69, 9.17) is 21.1 Å². The first-order valence-corrected chi connectivity index (χ1v) is 9.95. The quantitative estimate of drug-likeness (QED) is 0.501. The number of esters is 1. The van der Waals surface area contributed by atoms with E-state index in [-0.39, 0.29) is 18.3 Å². The van der Waals surface area contributed by atoms with Crippen LogP contribution in [0, 0.1) is 0 Å². The fourth-order valence-electron chi connectivity index (χ4n) is 2.82. The Morgan fingerprint density at radius 2 is 1.67 bits per heavy atom. The summed E-state index contributed by atoms with van der Waals surface area (Å²) in [6.07, 6.45) is 0.188. The van der Waals surface area contributed by atoms with Crippen molar-refractivity contribution < 1.29 is 19.1 Å². The number of anilines is 1. The average Bonchev–Trinajstić information content (AvgIpc) is 2.75. The van der Waals surface area contributed by atoms with Gasteiger partial charge >= 0.3 is 5.97 Å². The Labute approximate surface area is 180 Å². The van der Waals surface area contributed by atoms with Crippen molar-refractivity contribution >= 4 is 29.2 Å². The smallest absolute Gasteiger partial charge is 0.310 e. The molecule has 30 heavy (non-hydrogen) atoms. The van der Waals surface area contributed by atoms with Crippen LogP contribution in [0.25, 0.3) is 0 Å². The molecule has 0 saturated carbocycles. The minimum absolute atomic E-state index is 0.188. The first-order chi connectivity index (χ1) is 14.5. The van der Waals surface area contributed by atoms with Gasteiger partial charge in [-0.2, -0.15) is 0 Å². The number of hydrogen-bond acceptors (Lipinski definition) is 4. The van der Waals surface area contributed by atoms with Crippen LogP contribution < -0.4 is 10.1 Å².